The number of amides is 1. The molecule has 0 saturated heterocycles. The van der Waals surface area contributed by atoms with Crippen molar-refractivity contribution in [2.75, 3.05) is 6.26 Å². The summed E-state index contributed by atoms with van der Waals surface area (Å²) < 4.78 is 23.0. The number of nitrogens with zero attached hydrogens (tertiary/aromatic N) is 2. The third kappa shape index (κ3) is 3.29. The first-order valence-electron chi connectivity index (χ1n) is 5.17. The van der Waals surface area contributed by atoms with Crippen molar-refractivity contribution in [2.45, 2.75) is 11.8 Å². The maximum absolute atomic E-state index is 11.7. The Kier molecular flexibility index (Phi) is 4.08. The van der Waals surface area contributed by atoms with E-state index in [4.69, 9.17) is 11.5 Å². The molecule has 1 aromatic rings. The van der Waals surface area contributed by atoms with E-state index >= 15 is 0 Å². The van der Waals surface area contributed by atoms with Gasteiger partial charge in [0.15, 0.2) is 15.8 Å². The van der Waals surface area contributed by atoms with Gasteiger partial charge in [0.2, 0.25) is 0 Å². The fourth-order valence-electron chi connectivity index (χ4n) is 1.52. The van der Waals surface area contributed by atoms with Crippen LogP contribution in [0.5, 0.6) is 0 Å². The normalized spacial score (nSPS) is 10.9. The summed E-state index contributed by atoms with van der Waals surface area (Å²) in [6.45, 7) is 1.42. The highest BCUT2D eigenvalue weighted by Gasteiger charge is 2.25. The second-order valence-corrected chi connectivity index (χ2v) is 5.99. The smallest absolute Gasteiger partial charge is 0.288 e. The Morgan fingerprint density at radius 3 is 2.30 bits per heavy atom. The molecule has 0 unspecified atom stereocenters. The van der Waals surface area contributed by atoms with Gasteiger partial charge in [0.05, 0.1) is 10.5 Å². The third-order valence-corrected chi connectivity index (χ3v) is 3.49. The molecule has 0 fully saturated rings. The Balaban J connectivity index is 3.62. The van der Waals surface area contributed by atoms with Crippen LogP contribution in [0.4, 0.5) is 5.69 Å². The van der Waals surface area contributed by atoms with Crippen molar-refractivity contribution < 1.29 is 18.1 Å². The second-order valence-electron chi connectivity index (χ2n) is 4.01. The van der Waals surface area contributed by atoms with Gasteiger partial charge in [-0.2, -0.15) is 4.99 Å². The van der Waals surface area contributed by atoms with Crippen LogP contribution in [0.15, 0.2) is 22.0 Å². The minimum Gasteiger partial charge on any atom is -0.370 e. The molecule has 0 bridgehead atoms. The number of hydrogen-bond acceptors (Lipinski definition) is 5. The maximum atomic E-state index is 11.7. The average molecular weight is 300 g/mol. The minimum atomic E-state index is -3.80. The fourth-order valence-corrected chi connectivity index (χ4v) is 2.42. The average Bonchev–Trinajstić information content (AvgIpc) is 2.25. The van der Waals surface area contributed by atoms with Crippen LogP contribution in [-0.2, 0) is 9.84 Å². The summed E-state index contributed by atoms with van der Waals surface area (Å²) in [5, 5.41) is 10.9. The predicted molar refractivity (Wildman–Crippen MR) is 71.1 cm³/mol. The van der Waals surface area contributed by atoms with Crippen LogP contribution in [-0.4, -0.2) is 31.5 Å². The molecule has 10 heteroatoms. The molecule has 0 aliphatic carbocycles. The molecule has 1 aromatic carbocycles. The van der Waals surface area contributed by atoms with Gasteiger partial charge in [-0.25, -0.2) is 8.42 Å². The van der Waals surface area contributed by atoms with Crippen molar-refractivity contribution >= 4 is 27.4 Å². The predicted octanol–water partition coefficient (Wildman–Crippen LogP) is -0.280. The maximum Gasteiger partial charge on any atom is 0.288 e. The highest BCUT2D eigenvalue weighted by atomic mass is 32.2. The van der Waals surface area contributed by atoms with Crippen LogP contribution >= 0.6 is 0 Å². The topological polar surface area (TPSA) is 159 Å². The number of nitro benzene ring substituents is 1. The van der Waals surface area contributed by atoms with Crippen molar-refractivity contribution in [1.29, 1.82) is 0 Å². The lowest BCUT2D eigenvalue weighted by Crippen LogP contribution is -2.24. The largest absolute Gasteiger partial charge is 0.370 e. The van der Waals surface area contributed by atoms with Crippen LogP contribution in [0.1, 0.15) is 15.9 Å². The molecule has 4 N–H and O–H groups in total. The minimum absolute atomic E-state index is 0.141. The van der Waals surface area contributed by atoms with E-state index in [9.17, 15) is 23.3 Å². The molecule has 1 amide bonds. The number of rotatable bonds is 3. The highest BCUT2D eigenvalue weighted by molar-refractivity contribution is 7.90. The summed E-state index contributed by atoms with van der Waals surface area (Å²) in [6.07, 6.45) is 0.840. The van der Waals surface area contributed by atoms with Gasteiger partial charge in [-0.05, 0) is 18.6 Å². The standard InChI is InChI=1S/C10H12N4O5S/c1-5-3-8(20(2,18)19)7(14(16)17)4-6(5)9(15)13-10(11)12/h3-4H,1-2H3,(H4,11,12,13,15). The van der Waals surface area contributed by atoms with E-state index in [0.717, 1.165) is 18.4 Å². The van der Waals surface area contributed by atoms with Gasteiger partial charge in [-0.15, -0.1) is 0 Å². The monoisotopic (exact) mass is 300 g/mol. The van der Waals surface area contributed by atoms with Gasteiger partial charge < -0.3 is 11.5 Å². The van der Waals surface area contributed by atoms with Crippen LogP contribution in [0.3, 0.4) is 0 Å². The van der Waals surface area contributed by atoms with Crippen molar-refractivity contribution in [1.82, 2.24) is 0 Å². The molecule has 0 spiro atoms. The summed E-state index contributed by atoms with van der Waals surface area (Å²) in [5.41, 5.74) is 9.48. The van der Waals surface area contributed by atoms with Gasteiger partial charge in [0, 0.05) is 12.3 Å². The van der Waals surface area contributed by atoms with E-state index in [1.165, 1.54) is 6.92 Å². The Bertz CT molecular complexity index is 719. The summed E-state index contributed by atoms with van der Waals surface area (Å²) in [4.78, 5) is 24.5. The molecule has 0 aliphatic rings. The number of aliphatic imine (C=N–C) groups is 1. The molecule has 0 aliphatic heterocycles. The Morgan fingerprint density at radius 2 is 1.90 bits per heavy atom. The molecule has 0 atom stereocenters. The number of aryl methyl sites for hydroxylation is 1. The number of sulfone groups is 1. The molecular formula is C10H12N4O5S. The molecular weight excluding hydrogens is 288 g/mol. The lowest BCUT2D eigenvalue weighted by molar-refractivity contribution is -0.387. The second kappa shape index (κ2) is 5.25. The van der Waals surface area contributed by atoms with Gasteiger partial charge >= 0.3 is 0 Å². The number of hydrogen-bond donors (Lipinski definition) is 2. The Labute approximate surface area is 114 Å². The zero-order valence-corrected chi connectivity index (χ0v) is 11.5. The van der Waals surface area contributed by atoms with Crippen LogP contribution in [0, 0.1) is 17.0 Å². The summed E-state index contributed by atoms with van der Waals surface area (Å²) >= 11 is 0. The van der Waals surface area contributed by atoms with Crippen molar-refractivity contribution in [3.05, 3.63) is 33.4 Å². The first-order valence-corrected chi connectivity index (χ1v) is 7.06. The lowest BCUT2D eigenvalue weighted by atomic mass is 10.1. The number of nitro groups is 1. The van der Waals surface area contributed by atoms with Gasteiger partial charge in [0.25, 0.3) is 11.6 Å². The van der Waals surface area contributed by atoms with E-state index in [0.29, 0.717) is 0 Å². The Morgan fingerprint density at radius 1 is 1.35 bits per heavy atom. The molecule has 1 rings (SSSR count). The van der Waals surface area contributed by atoms with Gasteiger partial charge in [-0.1, -0.05) is 0 Å². The fraction of sp³-hybridized carbons (Fsp3) is 0.200. The van der Waals surface area contributed by atoms with E-state index < -0.39 is 37.2 Å². The molecule has 108 valence electrons. The van der Waals surface area contributed by atoms with Gasteiger partial charge in [-0.3, -0.25) is 14.9 Å². The van der Waals surface area contributed by atoms with Crippen molar-refractivity contribution in [2.24, 2.45) is 16.5 Å². The number of guanidine groups is 1. The molecule has 20 heavy (non-hydrogen) atoms. The third-order valence-electron chi connectivity index (χ3n) is 2.36. The number of carbonyl (C=O) groups excluding carboxylic acids is 1. The number of nitrogens with two attached hydrogens (primary N) is 2. The first-order chi connectivity index (χ1) is 9.04. The molecule has 9 nitrogen and oxygen atoms in total. The first kappa shape index (κ1) is 15.6. The molecule has 0 radical (unpaired) electrons. The highest BCUT2D eigenvalue weighted by Crippen LogP contribution is 2.27. The van der Waals surface area contributed by atoms with Crippen LogP contribution in [0.2, 0.25) is 0 Å². The van der Waals surface area contributed by atoms with E-state index in [-0.39, 0.29) is 11.1 Å². The van der Waals surface area contributed by atoms with Crippen LogP contribution < -0.4 is 11.5 Å². The van der Waals surface area contributed by atoms with Crippen molar-refractivity contribution in [3.63, 3.8) is 0 Å². The summed E-state index contributed by atoms with van der Waals surface area (Å²) in [5.74, 6) is -1.38. The van der Waals surface area contributed by atoms with Crippen molar-refractivity contribution in [3.8, 4) is 0 Å². The van der Waals surface area contributed by atoms with E-state index in [2.05, 4.69) is 4.99 Å². The number of carbonyl (C=O) groups is 1. The SMILES string of the molecule is Cc1cc(S(C)(=O)=O)c([N+](=O)[O-])cc1C(=O)N=C(N)N. The summed E-state index contributed by atoms with van der Waals surface area (Å²) in [7, 11) is -3.80. The zero-order valence-electron chi connectivity index (χ0n) is 10.7. The summed E-state index contributed by atoms with van der Waals surface area (Å²) in [6, 6.07) is 1.89. The van der Waals surface area contributed by atoms with E-state index in [1.807, 2.05) is 0 Å². The molecule has 0 heterocycles. The lowest BCUT2D eigenvalue weighted by Gasteiger charge is -2.06. The Hall–Kier alpha value is -2.49. The van der Waals surface area contributed by atoms with Crippen LogP contribution in [0.25, 0.3) is 0 Å². The van der Waals surface area contributed by atoms with E-state index in [1.54, 1.807) is 0 Å². The quantitative estimate of drug-likeness (QED) is 0.336. The number of benzene rings is 1. The zero-order chi connectivity index (χ0) is 15.7. The molecule has 0 saturated carbocycles. The molecule has 0 aromatic heterocycles. The van der Waals surface area contributed by atoms with Gasteiger partial charge in [0.1, 0.15) is 4.90 Å².